The van der Waals surface area contributed by atoms with Gasteiger partial charge in [0.25, 0.3) is 0 Å². The second-order valence-corrected chi connectivity index (χ2v) is 5.63. The number of carboxylic acid groups (broad SMARTS) is 1. The first-order valence-corrected chi connectivity index (χ1v) is 6.36. The van der Waals surface area contributed by atoms with Crippen LogP contribution in [0.4, 0.5) is 0 Å². The molecule has 1 fully saturated rings. The van der Waals surface area contributed by atoms with Crippen molar-refractivity contribution in [3.05, 3.63) is 30.1 Å². The highest BCUT2D eigenvalue weighted by molar-refractivity contribution is 5.70. The van der Waals surface area contributed by atoms with Gasteiger partial charge in [0.15, 0.2) is 0 Å². The van der Waals surface area contributed by atoms with Crippen molar-refractivity contribution in [3.63, 3.8) is 0 Å². The van der Waals surface area contributed by atoms with E-state index in [-0.39, 0.29) is 11.5 Å². The van der Waals surface area contributed by atoms with Crippen LogP contribution in [0.1, 0.15) is 32.3 Å². The van der Waals surface area contributed by atoms with Gasteiger partial charge in [-0.3, -0.25) is 14.7 Å². The molecule has 0 aromatic carbocycles. The SMILES string of the molecule is CC1(C)CCC(C(=O)O)CN1Cc1cccnc1. The Labute approximate surface area is 108 Å². The Morgan fingerprint density at radius 2 is 2.39 bits per heavy atom. The third-order valence-corrected chi connectivity index (χ3v) is 3.85. The van der Waals surface area contributed by atoms with Gasteiger partial charge in [0.05, 0.1) is 5.92 Å². The van der Waals surface area contributed by atoms with Crippen LogP contribution in [0.15, 0.2) is 24.5 Å². The van der Waals surface area contributed by atoms with Crippen molar-refractivity contribution in [2.24, 2.45) is 5.92 Å². The van der Waals surface area contributed by atoms with Crippen molar-refractivity contribution in [1.82, 2.24) is 9.88 Å². The van der Waals surface area contributed by atoms with E-state index < -0.39 is 5.97 Å². The molecule has 18 heavy (non-hydrogen) atoms. The number of piperidine rings is 1. The van der Waals surface area contributed by atoms with Crippen molar-refractivity contribution >= 4 is 5.97 Å². The van der Waals surface area contributed by atoms with E-state index in [2.05, 4.69) is 23.7 Å². The maximum absolute atomic E-state index is 11.1. The Balaban J connectivity index is 2.10. The van der Waals surface area contributed by atoms with Crippen LogP contribution in [0, 0.1) is 5.92 Å². The Hall–Kier alpha value is -1.42. The minimum Gasteiger partial charge on any atom is -0.481 e. The van der Waals surface area contributed by atoms with Crippen molar-refractivity contribution in [1.29, 1.82) is 0 Å². The summed E-state index contributed by atoms with van der Waals surface area (Å²) < 4.78 is 0. The van der Waals surface area contributed by atoms with Gasteiger partial charge in [-0.05, 0) is 38.3 Å². The molecule has 1 saturated heterocycles. The third-order valence-electron chi connectivity index (χ3n) is 3.85. The molecule has 1 aliphatic heterocycles. The van der Waals surface area contributed by atoms with Gasteiger partial charge in [-0.15, -0.1) is 0 Å². The molecule has 0 spiro atoms. The molecule has 1 N–H and O–H groups in total. The molecular formula is C14H20N2O2. The molecule has 0 saturated carbocycles. The number of likely N-dealkylation sites (tertiary alicyclic amines) is 1. The van der Waals surface area contributed by atoms with Gasteiger partial charge in [-0.2, -0.15) is 0 Å². The first kappa shape index (κ1) is 13.0. The van der Waals surface area contributed by atoms with E-state index >= 15 is 0 Å². The number of carbonyl (C=O) groups is 1. The number of hydrogen-bond acceptors (Lipinski definition) is 3. The van der Waals surface area contributed by atoms with Gasteiger partial charge in [0.2, 0.25) is 0 Å². The molecule has 0 bridgehead atoms. The zero-order valence-electron chi connectivity index (χ0n) is 11.0. The molecule has 2 heterocycles. The van der Waals surface area contributed by atoms with Gasteiger partial charge in [0, 0.05) is 31.0 Å². The average molecular weight is 248 g/mol. The van der Waals surface area contributed by atoms with E-state index in [4.69, 9.17) is 5.11 Å². The summed E-state index contributed by atoms with van der Waals surface area (Å²) in [5.41, 5.74) is 1.19. The number of carboxylic acids is 1. The number of aromatic nitrogens is 1. The lowest BCUT2D eigenvalue weighted by atomic mass is 9.84. The molecule has 1 atom stereocenters. The molecule has 0 radical (unpaired) electrons. The van der Waals surface area contributed by atoms with E-state index in [9.17, 15) is 4.79 Å². The molecule has 1 aromatic rings. The second kappa shape index (κ2) is 5.06. The first-order valence-electron chi connectivity index (χ1n) is 6.36. The molecule has 2 rings (SSSR count). The summed E-state index contributed by atoms with van der Waals surface area (Å²) in [5.74, 6) is -0.920. The van der Waals surface area contributed by atoms with E-state index in [1.165, 1.54) is 0 Å². The van der Waals surface area contributed by atoms with Gasteiger partial charge < -0.3 is 5.11 Å². The van der Waals surface area contributed by atoms with Crippen LogP contribution in [-0.4, -0.2) is 33.0 Å². The fourth-order valence-corrected chi connectivity index (χ4v) is 2.48. The van der Waals surface area contributed by atoms with Gasteiger partial charge >= 0.3 is 5.97 Å². The number of hydrogen-bond donors (Lipinski definition) is 1. The standard InChI is InChI=1S/C14H20N2O2/c1-14(2)6-5-12(13(17)18)10-16(14)9-11-4-3-7-15-8-11/h3-4,7-8,12H,5-6,9-10H2,1-2H3,(H,17,18). The highest BCUT2D eigenvalue weighted by Gasteiger charge is 2.36. The minimum atomic E-state index is -0.679. The monoisotopic (exact) mass is 248 g/mol. The molecule has 1 unspecified atom stereocenters. The quantitative estimate of drug-likeness (QED) is 0.890. The lowest BCUT2D eigenvalue weighted by molar-refractivity contribution is -0.145. The molecule has 0 amide bonds. The van der Waals surface area contributed by atoms with Crippen molar-refractivity contribution in [3.8, 4) is 0 Å². The van der Waals surface area contributed by atoms with Crippen LogP contribution >= 0.6 is 0 Å². The fraction of sp³-hybridized carbons (Fsp3) is 0.571. The Kier molecular flexibility index (Phi) is 3.66. The zero-order valence-corrected chi connectivity index (χ0v) is 11.0. The largest absolute Gasteiger partial charge is 0.481 e. The molecular weight excluding hydrogens is 228 g/mol. The van der Waals surface area contributed by atoms with Crippen molar-refractivity contribution < 1.29 is 9.90 Å². The summed E-state index contributed by atoms with van der Waals surface area (Å²) in [6, 6.07) is 3.95. The zero-order chi connectivity index (χ0) is 13.2. The maximum Gasteiger partial charge on any atom is 0.307 e. The first-order chi connectivity index (χ1) is 8.49. The van der Waals surface area contributed by atoms with E-state index in [1.54, 1.807) is 6.20 Å². The van der Waals surface area contributed by atoms with Crippen LogP contribution in [-0.2, 0) is 11.3 Å². The molecule has 1 aliphatic rings. The summed E-state index contributed by atoms with van der Waals surface area (Å²) in [6.45, 7) is 5.75. The van der Waals surface area contributed by atoms with Crippen molar-refractivity contribution in [2.75, 3.05) is 6.54 Å². The molecule has 4 heteroatoms. The minimum absolute atomic E-state index is 0.0573. The topological polar surface area (TPSA) is 53.4 Å². The van der Waals surface area contributed by atoms with Crippen molar-refractivity contribution in [2.45, 2.75) is 38.8 Å². The Morgan fingerprint density at radius 3 is 3.00 bits per heavy atom. The van der Waals surface area contributed by atoms with Gasteiger partial charge in [0.1, 0.15) is 0 Å². The third kappa shape index (κ3) is 2.88. The highest BCUT2D eigenvalue weighted by Crippen LogP contribution is 2.31. The Bertz CT molecular complexity index is 417. The maximum atomic E-state index is 11.1. The van der Waals surface area contributed by atoms with Crippen LogP contribution in [0.5, 0.6) is 0 Å². The normalized spacial score (nSPS) is 23.8. The highest BCUT2D eigenvalue weighted by atomic mass is 16.4. The number of aliphatic carboxylic acids is 1. The van der Waals surface area contributed by atoms with Crippen LogP contribution in [0.2, 0.25) is 0 Å². The van der Waals surface area contributed by atoms with Gasteiger partial charge in [-0.1, -0.05) is 6.07 Å². The van der Waals surface area contributed by atoms with Gasteiger partial charge in [-0.25, -0.2) is 0 Å². The summed E-state index contributed by atoms with van der Waals surface area (Å²) in [5, 5.41) is 9.15. The van der Waals surface area contributed by atoms with E-state index in [0.717, 1.165) is 24.9 Å². The predicted molar refractivity (Wildman–Crippen MR) is 69.1 cm³/mol. The smallest absolute Gasteiger partial charge is 0.307 e. The van der Waals surface area contributed by atoms with Crippen LogP contribution in [0.3, 0.4) is 0 Å². The number of pyridine rings is 1. The van der Waals surface area contributed by atoms with E-state index in [0.29, 0.717) is 6.54 Å². The summed E-state index contributed by atoms with van der Waals surface area (Å²) in [6.07, 6.45) is 5.29. The van der Waals surface area contributed by atoms with E-state index in [1.807, 2.05) is 18.3 Å². The molecule has 4 nitrogen and oxygen atoms in total. The Morgan fingerprint density at radius 1 is 1.61 bits per heavy atom. The average Bonchev–Trinajstić information content (AvgIpc) is 2.33. The summed E-state index contributed by atoms with van der Waals surface area (Å²) in [4.78, 5) is 17.5. The van der Waals surface area contributed by atoms with Crippen LogP contribution in [0.25, 0.3) is 0 Å². The summed E-state index contributed by atoms with van der Waals surface area (Å²) in [7, 11) is 0. The fourth-order valence-electron chi connectivity index (χ4n) is 2.48. The molecule has 0 aliphatic carbocycles. The summed E-state index contributed by atoms with van der Waals surface area (Å²) >= 11 is 0. The lowest BCUT2D eigenvalue weighted by Gasteiger charge is -2.44. The number of nitrogens with zero attached hydrogens (tertiary/aromatic N) is 2. The number of rotatable bonds is 3. The molecule has 98 valence electrons. The lowest BCUT2D eigenvalue weighted by Crippen LogP contribution is -2.51. The second-order valence-electron chi connectivity index (χ2n) is 5.63. The molecule has 1 aromatic heterocycles. The van der Waals surface area contributed by atoms with Crippen LogP contribution < -0.4 is 0 Å². The predicted octanol–water partition coefficient (Wildman–Crippen LogP) is 2.16.